The number of hydrogen-bond acceptors (Lipinski definition) is 2. The second kappa shape index (κ2) is 3.70. The van der Waals surface area contributed by atoms with Gasteiger partial charge in [0.15, 0.2) is 0 Å². The van der Waals surface area contributed by atoms with Gasteiger partial charge in [0.05, 0.1) is 6.61 Å². The highest BCUT2D eigenvalue weighted by Crippen LogP contribution is 2.44. The van der Waals surface area contributed by atoms with Crippen molar-refractivity contribution in [3.63, 3.8) is 0 Å². The van der Waals surface area contributed by atoms with Crippen LogP contribution in [0.25, 0.3) is 0 Å². The molecule has 15 heavy (non-hydrogen) atoms. The molecule has 1 aliphatic heterocycles. The molecule has 1 heterocycles. The minimum atomic E-state index is -0.972. The van der Waals surface area contributed by atoms with Crippen molar-refractivity contribution >= 4 is 0 Å². The van der Waals surface area contributed by atoms with E-state index in [-0.39, 0.29) is 5.72 Å². The maximum atomic E-state index is 13.7. The van der Waals surface area contributed by atoms with Crippen molar-refractivity contribution in [3.05, 3.63) is 0 Å². The van der Waals surface area contributed by atoms with Crippen LogP contribution in [-0.2, 0) is 4.74 Å². The van der Waals surface area contributed by atoms with Gasteiger partial charge in [-0.2, -0.15) is 0 Å². The Balaban J connectivity index is 2.04. The van der Waals surface area contributed by atoms with Crippen molar-refractivity contribution in [2.24, 2.45) is 0 Å². The fourth-order valence-electron chi connectivity index (χ4n) is 2.85. The Bertz CT molecular complexity index is 232. The summed E-state index contributed by atoms with van der Waals surface area (Å²) >= 11 is 0. The van der Waals surface area contributed by atoms with Crippen molar-refractivity contribution < 1.29 is 9.13 Å². The number of hydrogen-bond donors (Lipinski definition) is 0. The zero-order valence-electron chi connectivity index (χ0n) is 10.1. The van der Waals surface area contributed by atoms with E-state index < -0.39 is 5.67 Å². The molecule has 0 aromatic rings. The second-order valence-corrected chi connectivity index (χ2v) is 5.34. The van der Waals surface area contributed by atoms with Crippen molar-refractivity contribution in [1.82, 2.24) is 4.90 Å². The number of nitrogens with zero attached hydrogens (tertiary/aromatic N) is 1. The molecule has 0 N–H and O–H groups in total. The normalized spacial score (nSPS) is 47.6. The first-order chi connectivity index (χ1) is 6.99. The van der Waals surface area contributed by atoms with Gasteiger partial charge in [0.25, 0.3) is 0 Å². The lowest BCUT2D eigenvalue weighted by Crippen LogP contribution is -2.50. The topological polar surface area (TPSA) is 12.5 Å². The molecule has 1 aliphatic carbocycles. The summed E-state index contributed by atoms with van der Waals surface area (Å²) < 4.78 is 19.7. The smallest absolute Gasteiger partial charge is 0.122 e. The maximum absolute atomic E-state index is 13.7. The summed E-state index contributed by atoms with van der Waals surface area (Å²) in [4.78, 5) is 2.34. The average Bonchev–Trinajstić information content (AvgIpc) is 2.50. The van der Waals surface area contributed by atoms with Crippen molar-refractivity contribution in [2.75, 3.05) is 13.7 Å². The molecule has 0 amide bonds. The Morgan fingerprint density at radius 3 is 2.40 bits per heavy atom. The molecule has 2 aliphatic rings. The molecule has 3 heteroatoms. The lowest BCUT2D eigenvalue weighted by Gasteiger charge is -2.43. The third-order valence-corrected chi connectivity index (χ3v) is 4.28. The van der Waals surface area contributed by atoms with Gasteiger partial charge in [-0.3, -0.25) is 4.90 Å². The molecule has 1 saturated carbocycles. The van der Waals surface area contributed by atoms with Gasteiger partial charge in [0, 0.05) is 6.04 Å². The molecule has 2 fully saturated rings. The molecule has 2 rings (SSSR count). The Kier molecular flexibility index (Phi) is 2.80. The molecule has 0 aromatic carbocycles. The first-order valence-corrected chi connectivity index (χ1v) is 6.05. The lowest BCUT2D eigenvalue weighted by atomic mass is 9.82. The first kappa shape index (κ1) is 11.3. The molecule has 0 aromatic heterocycles. The quantitative estimate of drug-likeness (QED) is 0.667. The molecule has 0 radical (unpaired) electrons. The monoisotopic (exact) mass is 215 g/mol. The van der Waals surface area contributed by atoms with Crippen LogP contribution in [0.3, 0.4) is 0 Å². The summed E-state index contributed by atoms with van der Waals surface area (Å²) in [5, 5.41) is 0. The fourth-order valence-corrected chi connectivity index (χ4v) is 2.85. The Labute approximate surface area is 91.8 Å². The number of halogens is 1. The van der Waals surface area contributed by atoms with Crippen LogP contribution in [0.5, 0.6) is 0 Å². The predicted octanol–water partition coefficient (Wildman–Crippen LogP) is 2.73. The van der Waals surface area contributed by atoms with E-state index in [9.17, 15) is 4.39 Å². The largest absolute Gasteiger partial charge is 0.359 e. The van der Waals surface area contributed by atoms with Crippen LogP contribution in [0.4, 0.5) is 4.39 Å². The summed E-state index contributed by atoms with van der Waals surface area (Å²) in [6.07, 6.45) is 4.06. The van der Waals surface area contributed by atoms with Gasteiger partial charge in [-0.05, 0) is 46.1 Å². The third-order valence-electron chi connectivity index (χ3n) is 4.28. The summed E-state index contributed by atoms with van der Waals surface area (Å²) in [5.41, 5.74) is -1.12. The van der Waals surface area contributed by atoms with Crippen LogP contribution in [0, 0.1) is 0 Å². The number of alkyl halides is 1. The minimum Gasteiger partial charge on any atom is -0.359 e. The van der Waals surface area contributed by atoms with Gasteiger partial charge in [-0.25, -0.2) is 4.39 Å². The third kappa shape index (κ3) is 1.92. The van der Waals surface area contributed by atoms with Gasteiger partial charge in [-0.1, -0.05) is 6.92 Å². The zero-order chi connectivity index (χ0) is 11.1. The molecule has 1 saturated heterocycles. The predicted molar refractivity (Wildman–Crippen MR) is 58.5 cm³/mol. The molecule has 1 unspecified atom stereocenters. The summed E-state index contributed by atoms with van der Waals surface area (Å²) in [6.45, 7) is 4.72. The summed E-state index contributed by atoms with van der Waals surface area (Å²) in [6, 6.07) is 0.522. The second-order valence-electron chi connectivity index (χ2n) is 5.34. The van der Waals surface area contributed by atoms with Gasteiger partial charge in [0.2, 0.25) is 0 Å². The van der Waals surface area contributed by atoms with E-state index in [2.05, 4.69) is 18.9 Å². The van der Waals surface area contributed by atoms with Crippen LogP contribution in [0.2, 0.25) is 0 Å². The van der Waals surface area contributed by atoms with Gasteiger partial charge in [-0.15, -0.1) is 0 Å². The maximum Gasteiger partial charge on any atom is 0.122 e. The van der Waals surface area contributed by atoms with Crippen LogP contribution in [-0.4, -0.2) is 36.0 Å². The summed E-state index contributed by atoms with van der Waals surface area (Å²) in [7, 11) is 2.13. The van der Waals surface area contributed by atoms with Crippen molar-refractivity contribution in [1.29, 1.82) is 0 Å². The first-order valence-electron chi connectivity index (χ1n) is 6.05. The lowest BCUT2D eigenvalue weighted by molar-refractivity contribution is -0.123. The Morgan fingerprint density at radius 2 is 1.93 bits per heavy atom. The van der Waals surface area contributed by atoms with E-state index in [1.54, 1.807) is 6.92 Å². The van der Waals surface area contributed by atoms with Gasteiger partial charge < -0.3 is 4.74 Å². The average molecular weight is 215 g/mol. The summed E-state index contributed by atoms with van der Waals surface area (Å²) in [5.74, 6) is 0. The number of ether oxygens (including phenoxy) is 1. The van der Waals surface area contributed by atoms with Crippen molar-refractivity contribution in [3.8, 4) is 0 Å². The van der Waals surface area contributed by atoms with Crippen LogP contribution in [0.1, 0.15) is 46.0 Å². The molecule has 0 bridgehead atoms. The van der Waals surface area contributed by atoms with E-state index in [4.69, 9.17) is 4.74 Å². The molecule has 1 atom stereocenters. The standard InChI is InChI=1S/C12H22FNO/c1-4-10-9-15-12(14(10)3)7-5-11(2,13)6-8-12/h10H,4-9H2,1-3H3. The van der Waals surface area contributed by atoms with Crippen LogP contribution in [0.15, 0.2) is 0 Å². The van der Waals surface area contributed by atoms with Gasteiger partial charge in [0.1, 0.15) is 11.4 Å². The van der Waals surface area contributed by atoms with E-state index >= 15 is 0 Å². The minimum absolute atomic E-state index is 0.147. The highest BCUT2D eigenvalue weighted by Gasteiger charge is 2.49. The van der Waals surface area contributed by atoms with E-state index in [1.165, 1.54) is 0 Å². The Hall–Kier alpha value is -0.150. The van der Waals surface area contributed by atoms with Crippen molar-refractivity contribution in [2.45, 2.75) is 63.4 Å². The fraction of sp³-hybridized carbons (Fsp3) is 1.00. The van der Waals surface area contributed by atoms with E-state index in [0.29, 0.717) is 18.9 Å². The molecular formula is C12H22FNO. The molecule has 1 spiro atoms. The highest BCUT2D eigenvalue weighted by atomic mass is 19.1. The van der Waals surface area contributed by atoms with Crippen LogP contribution < -0.4 is 0 Å². The number of rotatable bonds is 1. The SMILES string of the molecule is CCC1COC2(CCC(C)(F)CC2)N1C. The number of likely N-dealkylation sites (N-methyl/N-ethyl adjacent to an activating group) is 1. The van der Waals surface area contributed by atoms with Gasteiger partial charge >= 0.3 is 0 Å². The Morgan fingerprint density at radius 1 is 1.33 bits per heavy atom. The highest BCUT2D eigenvalue weighted by molar-refractivity contribution is 4.97. The van der Waals surface area contributed by atoms with E-state index in [0.717, 1.165) is 25.9 Å². The zero-order valence-corrected chi connectivity index (χ0v) is 10.1. The van der Waals surface area contributed by atoms with Crippen LogP contribution >= 0.6 is 0 Å². The molecular weight excluding hydrogens is 193 g/mol. The van der Waals surface area contributed by atoms with E-state index in [1.807, 2.05) is 0 Å². The molecule has 88 valence electrons. The molecule has 2 nitrogen and oxygen atoms in total.